The molecule has 32 heavy (non-hydrogen) atoms. The lowest BCUT2D eigenvalue weighted by molar-refractivity contribution is -0.389. The number of methoxy groups -OCH3 is 1. The number of nitro groups is 1. The first-order valence-electron chi connectivity index (χ1n) is 9.38. The van der Waals surface area contributed by atoms with Crippen molar-refractivity contribution in [2.75, 3.05) is 12.5 Å². The molecule has 0 amide bonds. The molecular weight excluding hydrogens is 452 g/mol. The molecule has 0 atom stereocenters. The standard InChI is InChI=1S/C21H17ClN6O3S/c1-31-19-8-7-14(9-16(19)11-27-12-17(22)20(26-27)28(29)30)10-23-25-21-24-18(13-32-21)15-5-3-2-4-6-15/h2-10,12-13H,11H2,1H3,(H,24,25). The molecule has 4 rings (SSSR count). The van der Waals surface area contributed by atoms with E-state index >= 15 is 0 Å². The second-order valence-electron chi connectivity index (χ2n) is 6.60. The average molecular weight is 469 g/mol. The van der Waals surface area contributed by atoms with E-state index in [1.54, 1.807) is 19.4 Å². The minimum atomic E-state index is -0.618. The summed E-state index contributed by atoms with van der Waals surface area (Å²) in [5, 5.41) is 21.8. The van der Waals surface area contributed by atoms with E-state index in [1.807, 2.05) is 47.8 Å². The molecule has 0 unspecified atom stereocenters. The second-order valence-corrected chi connectivity index (χ2v) is 7.87. The van der Waals surface area contributed by atoms with Gasteiger partial charge in [-0.1, -0.05) is 41.9 Å². The lowest BCUT2D eigenvalue weighted by Gasteiger charge is -2.08. The molecule has 0 saturated heterocycles. The number of hydrogen-bond donors (Lipinski definition) is 1. The Kier molecular flexibility index (Phi) is 6.43. The Bertz CT molecular complexity index is 1270. The smallest absolute Gasteiger partial charge is 0.408 e. The number of hydrogen-bond acceptors (Lipinski definition) is 8. The average Bonchev–Trinajstić information content (AvgIpc) is 3.41. The van der Waals surface area contributed by atoms with Gasteiger partial charge in [0.2, 0.25) is 5.13 Å². The number of aromatic nitrogens is 3. The Hall–Kier alpha value is -3.76. The first kappa shape index (κ1) is 21.5. The van der Waals surface area contributed by atoms with Gasteiger partial charge in [-0.15, -0.1) is 11.3 Å². The highest BCUT2D eigenvalue weighted by Crippen LogP contribution is 2.26. The van der Waals surface area contributed by atoms with Crippen LogP contribution in [0.2, 0.25) is 5.02 Å². The molecule has 0 aliphatic heterocycles. The number of nitrogens with one attached hydrogen (secondary N) is 1. The number of hydrazone groups is 1. The minimum absolute atomic E-state index is 0.0193. The van der Waals surface area contributed by atoms with Gasteiger partial charge in [0, 0.05) is 16.5 Å². The zero-order valence-electron chi connectivity index (χ0n) is 16.8. The molecule has 0 aliphatic rings. The van der Waals surface area contributed by atoms with Crippen LogP contribution in [0, 0.1) is 10.1 Å². The van der Waals surface area contributed by atoms with Crippen LogP contribution in [0.3, 0.4) is 0 Å². The van der Waals surface area contributed by atoms with Crippen LogP contribution in [-0.4, -0.2) is 33.0 Å². The molecule has 2 heterocycles. The van der Waals surface area contributed by atoms with Gasteiger partial charge >= 0.3 is 5.82 Å². The normalized spacial score (nSPS) is 11.1. The summed E-state index contributed by atoms with van der Waals surface area (Å²) in [5.74, 6) is 0.239. The lowest BCUT2D eigenvalue weighted by Crippen LogP contribution is -2.04. The highest BCUT2D eigenvalue weighted by Gasteiger charge is 2.20. The second kappa shape index (κ2) is 9.58. The van der Waals surface area contributed by atoms with Crippen LogP contribution in [0.15, 0.2) is 65.2 Å². The Balaban J connectivity index is 1.47. The number of nitrogens with zero attached hydrogens (tertiary/aromatic N) is 5. The van der Waals surface area contributed by atoms with Crippen LogP contribution < -0.4 is 10.2 Å². The van der Waals surface area contributed by atoms with Crippen molar-refractivity contribution in [1.82, 2.24) is 14.8 Å². The van der Waals surface area contributed by atoms with E-state index in [0.29, 0.717) is 10.9 Å². The maximum absolute atomic E-state index is 11.0. The van der Waals surface area contributed by atoms with Gasteiger partial charge in [0.15, 0.2) is 5.02 Å². The maximum Gasteiger partial charge on any atom is 0.408 e. The van der Waals surface area contributed by atoms with E-state index in [-0.39, 0.29) is 17.4 Å². The number of halogens is 1. The molecule has 2 aromatic carbocycles. The van der Waals surface area contributed by atoms with Crippen molar-refractivity contribution < 1.29 is 9.66 Å². The molecule has 9 nitrogen and oxygen atoms in total. The van der Waals surface area contributed by atoms with Crippen molar-refractivity contribution in [2.45, 2.75) is 6.54 Å². The summed E-state index contributed by atoms with van der Waals surface area (Å²) in [6, 6.07) is 15.4. The summed E-state index contributed by atoms with van der Waals surface area (Å²) in [5.41, 5.74) is 6.44. The lowest BCUT2D eigenvalue weighted by atomic mass is 10.1. The van der Waals surface area contributed by atoms with Crippen LogP contribution in [0.25, 0.3) is 11.3 Å². The van der Waals surface area contributed by atoms with E-state index < -0.39 is 4.92 Å². The highest BCUT2D eigenvalue weighted by molar-refractivity contribution is 7.14. The van der Waals surface area contributed by atoms with Crippen molar-refractivity contribution in [3.8, 4) is 17.0 Å². The van der Waals surface area contributed by atoms with Gasteiger partial charge in [-0.3, -0.25) is 5.43 Å². The largest absolute Gasteiger partial charge is 0.496 e. The molecule has 0 bridgehead atoms. The Labute approximate surface area is 192 Å². The molecule has 0 fully saturated rings. The molecule has 0 spiro atoms. The fraction of sp³-hybridized carbons (Fsp3) is 0.0952. The highest BCUT2D eigenvalue weighted by atomic mass is 35.5. The fourth-order valence-electron chi connectivity index (χ4n) is 3.00. The summed E-state index contributed by atoms with van der Waals surface area (Å²) < 4.78 is 6.80. The van der Waals surface area contributed by atoms with E-state index in [9.17, 15) is 10.1 Å². The number of anilines is 1. The summed E-state index contributed by atoms with van der Waals surface area (Å²) in [6.07, 6.45) is 3.07. The van der Waals surface area contributed by atoms with Gasteiger partial charge in [-0.25, -0.2) is 4.98 Å². The van der Waals surface area contributed by atoms with Crippen molar-refractivity contribution in [2.24, 2.45) is 5.10 Å². The first-order chi connectivity index (χ1) is 15.5. The summed E-state index contributed by atoms with van der Waals surface area (Å²) in [7, 11) is 1.56. The maximum atomic E-state index is 11.0. The minimum Gasteiger partial charge on any atom is -0.496 e. The number of benzene rings is 2. The number of rotatable bonds is 8. The third-order valence-corrected chi connectivity index (χ3v) is 5.47. The van der Waals surface area contributed by atoms with Crippen molar-refractivity contribution in [1.29, 1.82) is 0 Å². The van der Waals surface area contributed by atoms with Crippen molar-refractivity contribution in [3.05, 3.63) is 86.4 Å². The zero-order valence-corrected chi connectivity index (χ0v) is 18.4. The van der Waals surface area contributed by atoms with E-state index in [2.05, 4.69) is 20.6 Å². The summed E-state index contributed by atoms with van der Waals surface area (Å²) in [6.45, 7) is 0.249. The SMILES string of the molecule is COc1ccc(C=NNc2nc(-c3ccccc3)cs2)cc1Cn1cc(Cl)c([N+](=O)[O-])n1. The number of thiazole rings is 1. The van der Waals surface area contributed by atoms with E-state index in [0.717, 1.165) is 22.4 Å². The molecular formula is C21H17ClN6O3S. The molecule has 0 saturated carbocycles. The van der Waals surface area contributed by atoms with Crippen LogP contribution in [-0.2, 0) is 6.54 Å². The number of ether oxygens (including phenoxy) is 1. The van der Waals surface area contributed by atoms with Crippen LogP contribution in [0.4, 0.5) is 10.9 Å². The molecule has 2 aromatic heterocycles. The summed E-state index contributed by atoms with van der Waals surface area (Å²) in [4.78, 5) is 14.9. The Morgan fingerprint density at radius 1 is 1.31 bits per heavy atom. The van der Waals surface area contributed by atoms with Gasteiger partial charge in [-0.2, -0.15) is 9.78 Å². The van der Waals surface area contributed by atoms with E-state index in [1.165, 1.54) is 22.2 Å². The fourth-order valence-corrected chi connectivity index (χ4v) is 3.89. The van der Waals surface area contributed by atoms with Gasteiger partial charge in [-0.05, 0) is 28.7 Å². The van der Waals surface area contributed by atoms with E-state index in [4.69, 9.17) is 16.3 Å². The predicted molar refractivity (Wildman–Crippen MR) is 125 cm³/mol. The Morgan fingerprint density at radius 2 is 2.12 bits per heavy atom. The van der Waals surface area contributed by atoms with Crippen LogP contribution >= 0.6 is 22.9 Å². The summed E-state index contributed by atoms with van der Waals surface area (Å²) >= 11 is 7.35. The Morgan fingerprint density at radius 3 is 2.84 bits per heavy atom. The zero-order chi connectivity index (χ0) is 22.5. The van der Waals surface area contributed by atoms with Gasteiger partial charge in [0.05, 0.1) is 36.9 Å². The predicted octanol–water partition coefficient (Wildman–Crippen LogP) is 5.07. The molecule has 1 N–H and O–H groups in total. The molecule has 162 valence electrons. The molecule has 0 aliphatic carbocycles. The van der Waals surface area contributed by atoms with Gasteiger partial charge < -0.3 is 14.9 Å². The third kappa shape index (κ3) is 4.93. The van der Waals surface area contributed by atoms with Gasteiger partial charge in [0.1, 0.15) is 5.75 Å². The monoisotopic (exact) mass is 468 g/mol. The molecule has 0 radical (unpaired) electrons. The molecule has 4 aromatic rings. The van der Waals surface area contributed by atoms with Crippen molar-refractivity contribution in [3.63, 3.8) is 0 Å². The molecule has 11 heteroatoms. The quantitative estimate of drug-likeness (QED) is 0.220. The first-order valence-corrected chi connectivity index (χ1v) is 10.6. The van der Waals surface area contributed by atoms with Crippen LogP contribution in [0.1, 0.15) is 11.1 Å². The van der Waals surface area contributed by atoms with Crippen LogP contribution in [0.5, 0.6) is 5.75 Å². The van der Waals surface area contributed by atoms with Gasteiger partial charge in [0.25, 0.3) is 0 Å². The van der Waals surface area contributed by atoms with Crippen molar-refractivity contribution >= 4 is 40.1 Å². The third-order valence-electron chi connectivity index (χ3n) is 4.46. The topological polar surface area (TPSA) is 107 Å².